The molecule has 14 heavy (non-hydrogen) atoms. The largest absolute Gasteiger partial charge is 0.327 e. The van der Waals surface area contributed by atoms with Gasteiger partial charge in [0.05, 0.1) is 0 Å². The average molecular weight is 230 g/mol. The molecule has 76 valence electrons. The lowest BCUT2D eigenvalue weighted by molar-refractivity contribution is 0.613. The fourth-order valence-electron chi connectivity index (χ4n) is 2.18. The van der Waals surface area contributed by atoms with E-state index in [0.717, 1.165) is 23.4 Å². The Hall–Kier alpha value is -0.240. The average Bonchev–Trinajstić information content (AvgIpc) is 2.52. The van der Waals surface area contributed by atoms with E-state index in [2.05, 4.69) is 0 Å². The summed E-state index contributed by atoms with van der Waals surface area (Å²) < 4.78 is 0. The molecule has 1 aromatic carbocycles. The van der Waals surface area contributed by atoms with Gasteiger partial charge in [0.1, 0.15) is 0 Å². The molecule has 1 aromatic rings. The molecule has 0 bridgehead atoms. The SMILES string of the molecule is NC1CCCC1c1ccc(Cl)cc1Cl. The standard InChI is InChI=1S/C11H13Cl2N/c12-7-4-5-8(10(13)6-7)9-2-1-3-11(9)14/h4-6,9,11H,1-3,14H2. The maximum Gasteiger partial charge on any atom is 0.0456 e. The van der Waals surface area contributed by atoms with Crippen LogP contribution in [0.3, 0.4) is 0 Å². The third-order valence-corrected chi connectivity index (χ3v) is 3.49. The Morgan fingerprint density at radius 1 is 1.21 bits per heavy atom. The van der Waals surface area contributed by atoms with E-state index < -0.39 is 0 Å². The predicted octanol–water partition coefficient (Wildman–Crippen LogP) is 3.59. The van der Waals surface area contributed by atoms with E-state index in [4.69, 9.17) is 28.9 Å². The van der Waals surface area contributed by atoms with Crippen molar-refractivity contribution >= 4 is 23.2 Å². The van der Waals surface area contributed by atoms with Crippen LogP contribution in [0.25, 0.3) is 0 Å². The Labute approximate surface area is 94.2 Å². The zero-order valence-corrected chi connectivity index (χ0v) is 9.35. The predicted molar refractivity (Wildman–Crippen MR) is 61.0 cm³/mol. The number of hydrogen-bond acceptors (Lipinski definition) is 1. The van der Waals surface area contributed by atoms with Gasteiger partial charge in [-0.3, -0.25) is 0 Å². The molecule has 1 nitrogen and oxygen atoms in total. The van der Waals surface area contributed by atoms with Gasteiger partial charge in [0.25, 0.3) is 0 Å². The molecule has 1 saturated carbocycles. The number of rotatable bonds is 1. The maximum atomic E-state index is 6.13. The summed E-state index contributed by atoms with van der Waals surface area (Å²) in [6, 6.07) is 5.94. The fourth-order valence-corrected chi connectivity index (χ4v) is 2.73. The molecule has 1 aliphatic carbocycles. The Balaban J connectivity index is 2.31. The van der Waals surface area contributed by atoms with Crippen LogP contribution in [0.5, 0.6) is 0 Å². The second kappa shape index (κ2) is 4.09. The molecule has 0 saturated heterocycles. The van der Waals surface area contributed by atoms with Crippen molar-refractivity contribution in [3.63, 3.8) is 0 Å². The highest BCUT2D eigenvalue weighted by Crippen LogP contribution is 2.37. The van der Waals surface area contributed by atoms with E-state index in [1.807, 2.05) is 12.1 Å². The van der Waals surface area contributed by atoms with Crippen molar-refractivity contribution < 1.29 is 0 Å². The molecule has 2 N–H and O–H groups in total. The van der Waals surface area contributed by atoms with E-state index in [1.165, 1.54) is 6.42 Å². The first-order chi connectivity index (χ1) is 6.68. The molecular formula is C11H13Cl2N. The minimum absolute atomic E-state index is 0.258. The van der Waals surface area contributed by atoms with E-state index in [-0.39, 0.29) is 6.04 Å². The van der Waals surface area contributed by atoms with Crippen LogP contribution in [-0.2, 0) is 0 Å². The summed E-state index contributed by atoms with van der Waals surface area (Å²) in [7, 11) is 0. The van der Waals surface area contributed by atoms with Crippen LogP contribution >= 0.6 is 23.2 Å². The zero-order valence-electron chi connectivity index (χ0n) is 7.84. The van der Waals surface area contributed by atoms with Crippen molar-refractivity contribution in [1.82, 2.24) is 0 Å². The maximum absolute atomic E-state index is 6.13. The summed E-state index contributed by atoms with van der Waals surface area (Å²) >= 11 is 12.0. The smallest absolute Gasteiger partial charge is 0.0456 e. The number of halogens is 2. The normalized spacial score (nSPS) is 26.8. The van der Waals surface area contributed by atoms with Crippen molar-refractivity contribution in [2.24, 2.45) is 5.73 Å². The fraction of sp³-hybridized carbons (Fsp3) is 0.455. The third-order valence-electron chi connectivity index (χ3n) is 2.93. The van der Waals surface area contributed by atoms with Crippen molar-refractivity contribution in [2.75, 3.05) is 0 Å². The topological polar surface area (TPSA) is 26.0 Å². The molecule has 2 unspecified atom stereocenters. The second-order valence-electron chi connectivity index (χ2n) is 3.87. The second-order valence-corrected chi connectivity index (χ2v) is 4.71. The lowest BCUT2D eigenvalue weighted by Crippen LogP contribution is -2.22. The molecule has 0 heterocycles. The van der Waals surface area contributed by atoms with Gasteiger partial charge in [0.15, 0.2) is 0 Å². The van der Waals surface area contributed by atoms with Crippen molar-refractivity contribution in [3.8, 4) is 0 Å². The summed E-state index contributed by atoms with van der Waals surface area (Å²) in [4.78, 5) is 0. The molecule has 0 radical (unpaired) electrons. The molecule has 0 spiro atoms. The Bertz CT molecular complexity index is 338. The summed E-state index contributed by atoms with van der Waals surface area (Å²) in [6.07, 6.45) is 3.44. The Kier molecular flexibility index (Phi) is 3.01. The first-order valence-electron chi connectivity index (χ1n) is 4.89. The van der Waals surface area contributed by atoms with Gasteiger partial charge in [-0.05, 0) is 30.5 Å². The lowest BCUT2D eigenvalue weighted by atomic mass is 9.95. The van der Waals surface area contributed by atoms with Crippen LogP contribution in [0.4, 0.5) is 0 Å². The zero-order chi connectivity index (χ0) is 10.1. The van der Waals surface area contributed by atoms with Crippen LogP contribution in [0.2, 0.25) is 10.0 Å². The van der Waals surface area contributed by atoms with Gasteiger partial charge >= 0.3 is 0 Å². The van der Waals surface area contributed by atoms with Crippen LogP contribution in [-0.4, -0.2) is 6.04 Å². The molecule has 0 amide bonds. The van der Waals surface area contributed by atoms with Crippen LogP contribution in [0, 0.1) is 0 Å². The number of benzene rings is 1. The molecule has 2 rings (SSSR count). The lowest BCUT2D eigenvalue weighted by Gasteiger charge is -2.17. The van der Waals surface area contributed by atoms with Crippen LogP contribution < -0.4 is 5.73 Å². The van der Waals surface area contributed by atoms with Crippen LogP contribution in [0.1, 0.15) is 30.7 Å². The van der Waals surface area contributed by atoms with E-state index in [9.17, 15) is 0 Å². The summed E-state index contributed by atoms with van der Waals surface area (Å²) in [5.41, 5.74) is 7.18. The van der Waals surface area contributed by atoms with Crippen molar-refractivity contribution in [3.05, 3.63) is 33.8 Å². The van der Waals surface area contributed by atoms with Gasteiger partial charge in [0.2, 0.25) is 0 Å². The third kappa shape index (κ3) is 1.90. The van der Waals surface area contributed by atoms with Gasteiger partial charge in [-0.25, -0.2) is 0 Å². The number of hydrogen-bond donors (Lipinski definition) is 1. The van der Waals surface area contributed by atoms with Gasteiger partial charge in [0, 0.05) is 22.0 Å². The molecule has 2 atom stereocenters. The minimum Gasteiger partial charge on any atom is -0.327 e. The number of nitrogens with two attached hydrogens (primary N) is 1. The van der Waals surface area contributed by atoms with Crippen molar-refractivity contribution in [1.29, 1.82) is 0 Å². The van der Waals surface area contributed by atoms with Gasteiger partial charge in [-0.15, -0.1) is 0 Å². The van der Waals surface area contributed by atoms with E-state index in [0.29, 0.717) is 10.9 Å². The first-order valence-corrected chi connectivity index (χ1v) is 5.64. The molecule has 3 heteroatoms. The van der Waals surface area contributed by atoms with Gasteiger partial charge in [-0.2, -0.15) is 0 Å². The summed E-state index contributed by atoms with van der Waals surface area (Å²) in [5.74, 6) is 0.416. The van der Waals surface area contributed by atoms with Gasteiger partial charge in [-0.1, -0.05) is 35.7 Å². The monoisotopic (exact) mass is 229 g/mol. The quantitative estimate of drug-likeness (QED) is 0.783. The summed E-state index contributed by atoms with van der Waals surface area (Å²) in [6.45, 7) is 0. The van der Waals surface area contributed by atoms with Crippen LogP contribution in [0.15, 0.2) is 18.2 Å². The van der Waals surface area contributed by atoms with Crippen molar-refractivity contribution in [2.45, 2.75) is 31.2 Å². The minimum atomic E-state index is 0.258. The van der Waals surface area contributed by atoms with E-state index >= 15 is 0 Å². The highest BCUT2D eigenvalue weighted by atomic mass is 35.5. The molecular weight excluding hydrogens is 217 g/mol. The summed E-state index contributed by atoms with van der Waals surface area (Å²) in [5, 5.41) is 1.44. The first kappa shape index (κ1) is 10.3. The molecule has 1 aliphatic rings. The van der Waals surface area contributed by atoms with Gasteiger partial charge < -0.3 is 5.73 Å². The molecule has 0 aliphatic heterocycles. The highest BCUT2D eigenvalue weighted by molar-refractivity contribution is 6.35. The Morgan fingerprint density at radius 3 is 2.57 bits per heavy atom. The Morgan fingerprint density at radius 2 is 2.00 bits per heavy atom. The highest BCUT2D eigenvalue weighted by Gasteiger charge is 2.26. The van der Waals surface area contributed by atoms with E-state index in [1.54, 1.807) is 6.07 Å². The molecule has 1 fully saturated rings. The molecule has 0 aromatic heterocycles.